The predicted molar refractivity (Wildman–Crippen MR) is 115 cm³/mol. The molecule has 9 heteroatoms. The van der Waals surface area contributed by atoms with Crippen LogP contribution in [0.15, 0.2) is 34.9 Å². The Bertz CT molecular complexity index is 1000. The number of carbonyl (C=O) groups is 1. The number of hydrogen-bond acceptors (Lipinski definition) is 6. The van der Waals surface area contributed by atoms with Crippen LogP contribution in [-0.4, -0.2) is 60.2 Å². The van der Waals surface area contributed by atoms with E-state index in [-0.39, 0.29) is 24.1 Å². The topological polar surface area (TPSA) is 83.3 Å². The molecule has 160 valence electrons. The fraction of sp³-hybridized carbons (Fsp3) is 0.381. The maximum atomic E-state index is 13.3. The molecule has 1 aliphatic rings. The number of carbonyl (C=O) groups excluding carboxylic acids is 1. The molecule has 1 saturated heterocycles. The smallest absolute Gasteiger partial charge is 0.259 e. The predicted octanol–water partition coefficient (Wildman–Crippen LogP) is 2.78. The number of rotatable bonds is 6. The average Bonchev–Trinajstić information content (AvgIpc) is 3.12. The van der Waals surface area contributed by atoms with Crippen LogP contribution in [-0.2, 0) is 0 Å². The Morgan fingerprint density at radius 1 is 1.27 bits per heavy atom. The van der Waals surface area contributed by atoms with E-state index in [0.29, 0.717) is 40.2 Å². The molecule has 0 radical (unpaired) electrons. The van der Waals surface area contributed by atoms with Crippen molar-refractivity contribution in [2.24, 2.45) is 0 Å². The van der Waals surface area contributed by atoms with Gasteiger partial charge in [-0.1, -0.05) is 5.16 Å². The van der Waals surface area contributed by atoms with Gasteiger partial charge in [-0.3, -0.25) is 4.79 Å². The minimum Gasteiger partial charge on any atom is -0.352 e. The van der Waals surface area contributed by atoms with Crippen molar-refractivity contribution < 1.29 is 13.7 Å². The quantitative estimate of drug-likeness (QED) is 0.582. The zero-order chi connectivity index (χ0) is 20.2. The van der Waals surface area contributed by atoms with Gasteiger partial charge in [-0.15, -0.1) is 12.4 Å². The molecule has 4 rings (SSSR count). The number of aryl methyl sites for hydroxylation is 1. The zero-order valence-electron chi connectivity index (χ0n) is 16.8. The van der Waals surface area contributed by atoms with Crippen LogP contribution in [0.4, 0.5) is 4.39 Å². The summed E-state index contributed by atoms with van der Waals surface area (Å²) in [6.45, 7) is 7.44. The number of pyridine rings is 1. The normalized spacial score (nSPS) is 14.5. The van der Waals surface area contributed by atoms with E-state index in [4.69, 9.17) is 4.52 Å². The van der Waals surface area contributed by atoms with Gasteiger partial charge < -0.3 is 20.1 Å². The van der Waals surface area contributed by atoms with Gasteiger partial charge in [0.05, 0.1) is 22.3 Å². The van der Waals surface area contributed by atoms with Crippen LogP contribution in [0.5, 0.6) is 0 Å². The Labute approximate surface area is 180 Å². The average molecular weight is 434 g/mol. The molecule has 3 heterocycles. The van der Waals surface area contributed by atoms with Gasteiger partial charge in [0.1, 0.15) is 5.82 Å². The summed E-state index contributed by atoms with van der Waals surface area (Å²) < 4.78 is 18.6. The summed E-state index contributed by atoms with van der Waals surface area (Å²) in [7, 11) is 0. The van der Waals surface area contributed by atoms with Crippen molar-refractivity contribution in [1.29, 1.82) is 0 Å². The second kappa shape index (κ2) is 9.97. The lowest BCUT2D eigenvalue weighted by Gasteiger charge is -2.27. The number of aromatic nitrogens is 2. The van der Waals surface area contributed by atoms with Crippen LogP contribution in [0, 0.1) is 12.7 Å². The molecule has 0 atom stereocenters. The maximum absolute atomic E-state index is 13.3. The van der Waals surface area contributed by atoms with Crippen molar-refractivity contribution in [3.05, 3.63) is 47.4 Å². The highest BCUT2D eigenvalue weighted by Crippen LogP contribution is 2.27. The van der Waals surface area contributed by atoms with E-state index < -0.39 is 0 Å². The van der Waals surface area contributed by atoms with Crippen molar-refractivity contribution in [2.45, 2.75) is 13.3 Å². The summed E-state index contributed by atoms with van der Waals surface area (Å²) in [6, 6.07) is 7.70. The Hall–Kier alpha value is -2.55. The number of piperazine rings is 1. The number of amides is 1. The van der Waals surface area contributed by atoms with Crippen molar-refractivity contribution in [3.8, 4) is 11.3 Å². The van der Waals surface area contributed by atoms with Crippen molar-refractivity contribution in [3.63, 3.8) is 0 Å². The van der Waals surface area contributed by atoms with Crippen LogP contribution in [0.3, 0.4) is 0 Å². The molecule has 0 saturated carbocycles. The van der Waals surface area contributed by atoms with E-state index in [2.05, 4.69) is 25.7 Å². The SMILES string of the molecule is Cc1noc2nc(-c3ccc(F)cc3)cc(C(=O)NCCCN3CCNCC3)c12.Cl. The molecule has 2 aromatic heterocycles. The molecule has 30 heavy (non-hydrogen) atoms. The first-order chi connectivity index (χ1) is 14.1. The van der Waals surface area contributed by atoms with Crippen LogP contribution in [0.1, 0.15) is 22.5 Å². The third kappa shape index (κ3) is 4.95. The lowest BCUT2D eigenvalue weighted by molar-refractivity contribution is 0.0952. The van der Waals surface area contributed by atoms with Gasteiger partial charge in [0, 0.05) is 38.3 Å². The first-order valence-electron chi connectivity index (χ1n) is 9.86. The highest BCUT2D eigenvalue weighted by Gasteiger charge is 2.19. The van der Waals surface area contributed by atoms with Crippen LogP contribution in [0.2, 0.25) is 0 Å². The molecular formula is C21H25ClFN5O2. The summed E-state index contributed by atoms with van der Waals surface area (Å²) in [6.07, 6.45) is 0.882. The summed E-state index contributed by atoms with van der Waals surface area (Å²) in [5.41, 5.74) is 2.63. The van der Waals surface area contributed by atoms with Crippen LogP contribution < -0.4 is 10.6 Å². The fourth-order valence-electron chi connectivity index (χ4n) is 3.58. The third-order valence-electron chi connectivity index (χ3n) is 5.15. The van der Waals surface area contributed by atoms with E-state index in [1.54, 1.807) is 25.1 Å². The van der Waals surface area contributed by atoms with Gasteiger partial charge in [-0.25, -0.2) is 9.37 Å². The lowest BCUT2D eigenvalue weighted by atomic mass is 10.0. The molecule has 7 nitrogen and oxygen atoms in total. The summed E-state index contributed by atoms with van der Waals surface area (Å²) in [4.78, 5) is 19.8. The monoisotopic (exact) mass is 433 g/mol. The minimum atomic E-state index is -0.326. The lowest BCUT2D eigenvalue weighted by Crippen LogP contribution is -2.44. The van der Waals surface area contributed by atoms with E-state index >= 15 is 0 Å². The minimum absolute atomic E-state index is 0. The number of nitrogens with zero attached hydrogens (tertiary/aromatic N) is 3. The number of nitrogens with one attached hydrogen (secondary N) is 2. The number of benzene rings is 1. The fourth-order valence-corrected chi connectivity index (χ4v) is 3.58. The Morgan fingerprint density at radius 3 is 2.73 bits per heavy atom. The standard InChI is InChI=1S/C21H24FN5O2.ClH/c1-14-19-17(20(28)24-7-2-10-27-11-8-23-9-12-27)13-18(25-21(19)29-26-14)15-3-5-16(22)6-4-15;/h3-6,13,23H,2,7-12H2,1H3,(H,24,28);1H. The van der Waals surface area contributed by atoms with Crippen molar-refractivity contribution in [2.75, 3.05) is 39.3 Å². The Morgan fingerprint density at radius 2 is 2.00 bits per heavy atom. The molecular weight excluding hydrogens is 409 g/mol. The summed E-state index contributed by atoms with van der Waals surface area (Å²) in [5, 5.41) is 10.9. The molecule has 0 aliphatic carbocycles. The molecule has 1 aromatic carbocycles. The van der Waals surface area contributed by atoms with Gasteiger partial charge in [-0.2, -0.15) is 0 Å². The van der Waals surface area contributed by atoms with E-state index in [1.165, 1.54) is 12.1 Å². The van der Waals surface area contributed by atoms with Gasteiger partial charge >= 0.3 is 0 Å². The van der Waals surface area contributed by atoms with Gasteiger partial charge in [0.2, 0.25) is 0 Å². The third-order valence-corrected chi connectivity index (χ3v) is 5.15. The van der Waals surface area contributed by atoms with Crippen LogP contribution in [0.25, 0.3) is 22.4 Å². The number of hydrogen-bond donors (Lipinski definition) is 2. The highest BCUT2D eigenvalue weighted by atomic mass is 35.5. The zero-order valence-corrected chi connectivity index (χ0v) is 17.6. The van der Waals surface area contributed by atoms with E-state index in [1.807, 2.05) is 0 Å². The molecule has 1 fully saturated rings. The molecule has 3 aromatic rings. The first-order valence-corrected chi connectivity index (χ1v) is 9.86. The molecule has 0 unspecified atom stereocenters. The second-order valence-corrected chi connectivity index (χ2v) is 7.21. The number of fused-ring (bicyclic) bond motifs is 1. The summed E-state index contributed by atoms with van der Waals surface area (Å²) >= 11 is 0. The molecule has 1 aliphatic heterocycles. The second-order valence-electron chi connectivity index (χ2n) is 7.21. The van der Waals surface area contributed by atoms with E-state index in [0.717, 1.165) is 39.1 Å². The largest absolute Gasteiger partial charge is 0.352 e. The summed E-state index contributed by atoms with van der Waals surface area (Å²) in [5.74, 6) is -0.514. The number of halogens is 2. The highest BCUT2D eigenvalue weighted by molar-refractivity contribution is 6.06. The van der Waals surface area contributed by atoms with Gasteiger partial charge in [0.15, 0.2) is 0 Å². The van der Waals surface area contributed by atoms with Gasteiger partial charge in [0.25, 0.3) is 11.6 Å². The first kappa shape index (κ1) is 22.1. The molecule has 0 bridgehead atoms. The maximum Gasteiger partial charge on any atom is 0.259 e. The van der Waals surface area contributed by atoms with Crippen LogP contribution >= 0.6 is 12.4 Å². The van der Waals surface area contributed by atoms with Gasteiger partial charge in [-0.05, 0) is 50.2 Å². The van der Waals surface area contributed by atoms with Crippen molar-refractivity contribution in [1.82, 2.24) is 25.7 Å². The van der Waals surface area contributed by atoms with E-state index in [9.17, 15) is 9.18 Å². The molecule has 2 N–H and O–H groups in total. The Kier molecular flexibility index (Phi) is 7.36. The Balaban J connectivity index is 0.00000256. The molecule has 1 amide bonds. The van der Waals surface area contributed by atoms with Crippen molar-refractivity contribution >= 4 is 29.4 Å². The molecule has 0 spiro atoms.